The molecule has 0 aliphatic heterocycles. The van der Waals surface area contributed by atoms with Crippen molar-refractivity contribution in [2.45, 2.75) is 17.6 Å². The molecule has 0 atom stereocenters. The Morgan fingerprint density at radius 3 is 2.79 bits per heavy atom. The Bertz CT molecular complexity index is 1330. The van der Waals surface area contributed by atoms with E-state index >= 15 is 0 Å². The minimum atomic E-state index is -0.581. The number of benzene rings is 2. The molecule has 4 rings (SSSR count). The Hall–Kier alpha value is -4.39. The van der Waals surface area contributed by atoms with Crippen molar-refractivity contribution in [3.8, 4) is 17.3 Å². The summed E-state index contributed by atoms with van der Waals surface area (Å²) in [5, 5.41) is 29.0. The molecule has 2 aromatic carbocycles. The van der Waals surface area contributed by atoms with E-state index in [0.717, 1.165) is 10.5 Å². The average Bonchev–Trinajstić information content (AvgIpc) is 3.45. The number of hydrogen-bond donors (Lipinski definition) is 3. The van der Waals surface area contributed by atoms with Crippen LogP contribution in [0.5, 0.6) is 11.5 Å². The molecule has 34 heavy (non-hydrogen) atoms. The summed E-state index contributed by atoms with van der Waals surface area (Å²) < 4.78 is 11.0. The van der Waals surface area contributed by atoms with Gasteiger partial charge in [-0.05, 0) is 53.1 Å². The quantitative estimate of drug-likeness (QED) is 0.193. The molecule has 0 saturated heterocycles. The number of thioether (sulfide) groups is 1. The second-order valence-corrected chi connectivity index (χ2v) is 8.05. The van der Waals surface area contributed by atoms with Gasteiger partial charge < -0.3 is 15.6 Å². The van der Waals surface area contributed by atoms with E-state index in [1.807, 2.05) is 31.2 Å². The number of amides is 1. The molecule has 0 saturated carbocycles. The summed E-state index contributed by atoms with van der Waals surface area (Å²) in [5.41, 5.74) is 10.5. The third kappa shape index (κ3) is 4.99. The van der Waals surface area contributed by atoms with E-state index in [-0.39, 0.29) is 28.8 Å². The van der Waals surface area contributed by atoms with E-state index in [0.29, 0.717) is 17.0 Å². The molecule has 4 N–H and O–H groups in total. The van der Waals surface area contributed by atoms with E-state index in [1.165, 1.54) is 35.8 Å². The van der Waals surface area contributed by atoms with Crippen LogP contribution in [0.25, 0.3) is 5.82 Å². The largest absolute Gasteiger partial charge is 0.504 e. The Kier molecular flexibility index (Phi) is 6.73. The van der Waals surface area contributed by atoms with Gasteiger partial charge in [-0.25, -0.2) is 10.1 Å². The Balaban J connectivity index is 1.56. The number of phenols is 1. The summed E-state index contributed by atoms with van der Waals surface area (Å²) in [4.78, 5) is 13.8. The van der Waals surface area contributed by atoms with Gasteiger partial charge in [-0.1, -0.05) is 22.9 Å². The highest BCUT2D eigenvalue weighted by Crippen LogP contribution is 2.27. The normalized spacial score (nSPS) is 11.1. The highest BCUT2D eigenvalue weighted by Gasteiger charge is 2.24. The lowest BCUT2D eigenvalue weighted by atomic mass is 10.2. The van der Waals surface area contributed by atoms with Crippen molar-refractivity contribution in [3.63, 3.8) is 0 Å². The molecule has 1 amide bonds. The summed E-state index contributed by atoms with van der Waals surface area (Å²) in [6.07, 6.45) is 1.41. The molecule has 2 aromatic heterocycles. The van der Waals surface area contributed by atoms with Gasteiger partial charge in [0.1, 0.15) is 0 Å². The van der Waals surface area contributed by atoms with E-state index in [1.54, 1.807) is 12.1 Å². The van der Waals surface area contributed by atoms with Crippen molar-refractivity contribution >= 4 is 29.7 Å². The average molecular weight is 481 g/mol. The summed E-state index contributed by atoms with van der Waals surface area (Å²) in [6, 6.07) is 12.6. The van der Waals surface area contributed by atoms with Gasteiger partial charge in [0.05, 0.1) is 19.0 Å². The van der Waals surface area contributed by atoms with Crippen LogP contribution < -0.4 is 15.9 Å². The fourth-order valence-corrected chi connectivity index (χ4v) is 3.79. The fraction of sp³-hybridized carbons (Fsp3) is 0.143. The van der Waals surface area contributed by atoms with Crippen molar-refractivity contribution in [2.24, 2.45) is 5.10 Å². The maximum atomic E-state index is 12.9. The number of methoxy groups -OCH3 is 1. The number of rotatable bonds is 8. The zero-order valence-corrected chi connectivity index (χ0v) is 19.0. The Morgan fingerprint density at radius 2 is 2.09 bits per heavy atom. The van der Waals surface area contributed by atoms with E-state index < -0.39 is 5.91 Å². The lowest BCUT2D eigenvalue weighted by Gasteiger charge is -2.06. The van der Waals surface area contributed by atoms with Crippen molar-refractivity contribution in [1.82, 2.24) is 30.7 Å². The first-order chi connectivity index (χ1) is 16.5. The topological polar surface area (TPSA) is 167 Å². The number of anilines is 1. The molecule has 0 fully saturated rings. The molecule has 0 aliphatic carbocycles. The number of hydrogen-bond acceptors (Lipinski definition) is 11. The van der Waals surface area contributed by atoms with Crippen LogP contribution in [0, 0.1) is 6.92 Å². The highest BCUT2D eigenvalue weighted by molar-refractivity contribution is 7.98. The van der Waals surface area contributed by atoms with Crippen LogP contribution in [0.3, 0.4) is 0 Å². The second kappa shape index (κ2) is 10.0. The monoisotopic (exact) mass is 480 g/mol. The Morgan fingerprint density at radius 1 is 1.29 bits per heavy atom. The van der Waals surface area contributed by atoms with Gasteiger partial charge in [0.15, 0.2) is 17.2 Å². The number of nitrogens with two attached hydrogens (primary N) is 1. The molecule has 0 bridgehead atoms. The first-order valence-corrected chi connectivity index (χ1v) is 10.9. The SMILES string of the molecule is COc1cc(/C=N/NC(=O)c2nnn(-c3nonc3N)c2CSc2ccc(C)cc2)ccc1O. The number of nitrogens with one attached hydrogen (secondary N) is 1. The number of carbonyl (C=O) groups is 1. The number of carbonyl (C=O) groups excluding carboxylic acids is 1. The fourth-order valence-electron chi connectivity index (χ4n) is 2.89. The molecular formula is C21H20N8O4S. The number of nitrogen functional groups attached to an aromatic ring is 1. The lowest BCUT2D eigenvalue weighted by molar-refractivity contribution is 0.0949. The lowest BCUT2D eigenvalue weighted by Crippen LogP contribution is -2.20. The number of aromatic nitrogens is 5. The molecule has 0 aliphatic rings. The number of ether oxygens (including phenoxy) is 1. The van der Waals surface area contributed by atoms with Gasteiger partial charge in [-0.3, -0.25) is 4.79 Å². The van der Waals surface area contributed by atoms with Crippen LogP contribution in [0.4, 0.5) is 5.82 Å². The highest BCUT2D eigenvalue weighted by atomic mass is 32.2. The van der Waals surface area contributed by atoms with Crippen LogP contribution in [-0.4, -0.2) is 49.6 Å². The predicted octanol–water partition coefficient (Wildman–Crippen LogP) is 2.31. The van der Waals surface area contributed by atoms with Gasteiger partial charge in [-0.2, -0.15) is 9.78 Å². The van der Waals surface area contributed by atoms with Crippen LogP contribution in [0.1, 0.15) is 27.3 Å². The van der Waals surface area contributed by atoms with Crippen LogP contribution in [0.2, 0.25) is 0 Å². The minimum Gasteiger partial charge on any atom is -0.504 e. The second-order valence-electron chi connectivity index (χ2n) is 7.00. The summed E-state index contributed by atoms with van der Waals surface area (Å²) in [5.74, 6) is 0.181. The molecule has 0 spiro atoms. The summed E-state index contributed by atoms with van der Waals surface area (Å²) in [6.45, 7) is 2.00. The smallest absolute Gasteiger partial charge is 0.293 e. The number of aromatic hydroxyl groups is 1. The van der Waals surface area contributed by atoms with Gasteiger partial charge >= 0.3 is 0 Å². The maximum Gasteiger partial charge on any atom is 0.293 e. The molecule has 2 heterocycles. The first kappa shape index (κ1) is 22.8. The zero-order chi connectivity index (χ0) is 24.1. The van der Waals surface area contributed by atoms with E-state index in [9.17, 15) is 9.90 Å². The van der Waals surface area contributed by atoms with E-state index in [2.05, 4.69) is 35.8 Å². The maximum absolute atomic E-state index is 12.9. The van der Waals surface area contributed by atoms with Crippen molar-refractivity contribution in [3.05, 3.63) is 65.0 Å². The number of phenolic OH excluding ortho intramolecular Hbond substituents is 1. The third-order valence-corrected chi connectivity index (χ3v) is 5.68. The van der Waals surface area contributed by atoms with Gasteiger partial charge in [0.25, 0.3) is 5.91 Å². The zero-order valence-electron chi connectivity index (χ0n) is 18.2. The number of hydrazone groups is 1. The summed E-state index contributed by atoms with van der Waals surface area (Å²) in [7, 11) is 1.44. The molecular weight excluding hydrogens is 460 g/mol. The first-order valence-electron chi connectivity index (χ1n) is 9.89. The Labute approximate surface area is 197 Å². The molecule has 12 nitrogen and oxygen atoms in total. The number of nitrogens with zero attached hydrogens (tertiary/aromatic N) is 6. The summed E-state index contributed by atoms with van der Waals surface area (Å²) >= 11 is 1.49. The minimum absolute atomic E-state index is 0.00219. The van der Waals surface area contributed by atoms with Gasteiger partial charge in [0.2, 0.25) is 11.6 Å². The predicted molar refractivity (Wildman–Crippen MR) is 124 cm³/mol. The van der Waals surface area contributed by atoms with Crippen molar-refractivity contribution in [2.75, 3.05) is 12.8 Å². The van der Waals surface area contributed by atoms with Crippen molar-refractivity contribution in [1.29, 1.82) is 0 Å². The van der Waals surface area contributed by atoms with Crippen LogP contribution in [-0.2, 0) is 5.75 Å². The van der Waals surface area contributed by atoms with Crippen LogP contribution >= 0.6 is 11.8 Å². The molecule has 13 heteroatoms. The van der Waals surface area contributed by atoms with Gasteiger partial charge in [0, 0.05) is 10.6 Å². The molecule has 174 valence electrons. The molecule has 0 unspecified atom stereocenters. The van der Waals surface area contributed by atoms with E-state index in [4.69, 9.17) is 10.5 Å². The molecule has 4 aromatic rings. The third-order valence-electron chi connectivity index (χ3n) is 4.65. The van der Waals surface area contributed by atoms with Gasteiger partial charge in [-0.15, -0.1) is 16.9 Å². The molecule has 0 radical (unpaired) electrons. The number of aryl methyl sites for hydroxylation is 1. The van der Waals surface area contributed by atoms with Crippen molar-refractivity contribution < 1.29 is 19.3 Å². The standard InChI is InChI=1S/C21H20N8O4S/c1-12-3-6-14(7-4-12)34-11-15-18(24-28-29(15)20-19(22)26-33-27-20)21(31)25-23-10-13-5-8-16(30)17(9-13)32-2/h3-10,30H,11H2,1-2H3,(H2,22,26)(H,25,31)/b23-10+. The van der Waals surface area contributed by atoms with Crippen LogP contribution in [0.15, 0.2) is 57.1 Å².